The number of amides is 2. The van der Waals surface area contributed by atoms with Gasteiger partial charge in [0.05, 0.1) is 13.5 Å². The maximum atomic E-state index is 13.4. The van der Waals surface area contributed by atoms with Crippen LogP contribution in [0.15, 0.2) is 42.5 Å². The maximum absolute atomic E-state index is 13.4. The molecular formula is C24H30Cl2N2O3. The Bertz CT molecular complexity index is 904. The van der Waals surface area contributed by atoms with Gasteiger partial charge in [0.2, 0.25) is 11.8 Å². The molecule has 0 spiro atoms. The van der Waals surface area contributed by atoms with Crippen molar-refractivity contribution in [3.63, 3.8) is 0 Å². The standard InChI is InChI=1S/C24H30Cl2N2O3/c1-5-16(3)27-24(30)22(6-2)28(15-17-8-7-9-20(12-17)31-4)23(29)13-18-10-11-19(25)14-21(18)26/h7-12,14,16,22H,5-6,13,15H2,1-4H3,(H,27,30)/t16-,22+/m0/s1. The first-order valence-electron chi connectivity index (χ1n) is 10.5. The summed E-state index contributed by atoms with van der Waals surface area (Å²) in [6, 6.07) is 12.0. The van der Waals surface area contributed by atoms with Crippen LogP contribution in [0.5, 0.6) is 5.75 Å². The second-order valence-corrected chi connectivity index (χ2v) is 8.37. The molecule has 1 N–H and O–H groups in total. The lowest BCUT2D eigenvalue weighted by molar-refractivity contribution is -0.141. The van der Waals surface area contributed by atoms with Crippen LogP contribution in [0, 0.1) is 0 Å². The van der Waals surface area contributed by atoms with Crippen molar-refractivity contribution >= 4 is 35.0 Å². The summed E-state index contributed by atoms with van der Waals surface area (Å²) in [5, 5.41) is 3.94. The molecule has 0 aliphatic heterocycles. The second-order valence-electron chi connectivity index (χ2n) is 7.53. The molecule has 0 saturated heterocycles. The van der Waals surface area contributed by atoms with E-state index < -0.39 is 6.04 Å². The number of ether oxygens (including phenoxy) is 1. The molecule has 7 heteroatoms. The zero-order chi connectivity index (χ0) is 23.0. The normalized spacial score (nSPS) is 12.7. The minimum Gasteiger partial charge on any atom is -0.497 e. The molecule has 2 aromatic carbocycles. The number of rotatable bonds is 10. The van der Waals surface area contributed by atoms with Crippen LogP contribution in [0.2, 0.25) is 10.0 Å². The SMILES string of the molecule is CC[C@H](C(=O)N[C@@H](C)CC)N(Cc1cccc(OC)c1)C(=O)Cc1ccc(Cl)cc1Cl. The van der Waals surface area contributed by atoms with Gasteiger partial charge in [-0.15, -0.1) is 0 Å². The third kappa shape index (κ3) is 7.15. The van der Waals surface area contributed by atoms with Crippen molar-refractivity contribution in [3.8, 4) is 5.75 Å². The van der Waals surface area contributed by atoms with E-state index in [1.54, 1.807) is 30.2 Å². The van der Waals surface area contributed by atoms with Gasteiger partial charge in [0.1, 0.15) is 11.8 Å². The highest BCUT2D eigenvalue weighted by molar-refractivity contribution is 6.35. The summed E-state index contributed by atoms with van der Waals surface area (Å²) in [6.45, 7) is 6.15. The highest BCUT2D eigenvalue weighted by Gasteiger charge is 2.29. The van der Waals surface area contributed by atoms with Gasteiger partial charge in [-0.2, -0.15) is 0 Å². The van der Waals surface area contributed by atoms with Crippen LogP contribution < -0.4 is 10.1 Å². The van der Waals surface area contributed by atoms with Gasteiger partial charge in [-0.1, -0.05) is 55.2 Å². The van der Waals surface area contributed by atoms with Gasteiger partial charge < -0.3 is 15.0 Å². The number of hydrogen-bond acceptors (Lipinski definition) is 3. The van der Waals surface area contributed by atoms with Crippen molar-refractivity contribution in [2.75, 3.05) is 7.11 Å². The molecule has 168 valence electrons. The van der Waals surface area contributed by atoms with E-state index in [0.29, 0.717) is 27.8 Å². The fraction of sp³-hybridized carbons (Fsp3) is 0.417. The van der Waals surface area contributed by atoms with Crippen molar-refractivity contribution in [2.45, 2.75) is 58.7 Å². The predicted molar refractivity (Wildman–Crippen MR) is 126 cm³/mol. The first-order chi connectivity index (χ1) is 14.8. The molecule has 31 heavy (non-hydrogen) atoms. The number of benzene rings is 2. The summed E-state index contributed by atoms with van der Waals surface area (Å²) >= 11 is 12.3. The molecule has 0 aliphatic carbocycles. The van der Waals surface area contributed by atoms with E-state index in [9.17, 15) is 9.59 Å². The van der Waals surface area contributed by atoms with Crippen molar-refractivity contribution in [1.29, 1.82) is 0 Å². The van der Waals surface area contributed by atoms with Crippen LogP contribution in [0.1, 0.15) is 44.7 Å². The molecule has 0 radical (unpaired) electrons. The van der Waals surface area contributed by atoms with Gasteiger partial charge in [-0.05, 0) is 55.2 Å². The molecule has 5 nitrogen and oxygen atoms in total. The van der Waals surface area contributed by atoms with Crippen molar-refractivity contribution < 1.29 is 14.3 Å². The van der Waals surface area contributed by atoms with Gasteiger partial charge >= 0.3 is 0 Å². The fourth-order valence-electron chi connectivity index (χ4n) is 3.26. The molecule has 0 saturated carbocycles. The highest BCUT2D eigenvalue weighted by Crippen LogP contribution is 2.23. The van der Waals surface area contributed by atoms with Crippen LogP contribution in [0.25, 0.3) is 0 Å². The first kappa shape index (κ1) is 25.0. The number of nitrogens with one attached hydrogen (secondary N) is 1. The first-order valence-corrected chi connectivity index (χ1v) is 11.2. The Hall–Kier alpha value is -2.24. The van der Waals surface area contributed by atoms with Gasteiger partial charge in [-0.3, -0.25) is 9.59 Å². The Morgan fingerprint density at radius 1 is 1.10 bits per heavy atom. The third-order valence-corrected chi connectivity index (χ3v) is 5.82. The number of hydrogen-bond donors (Lipinski definition) is 1. The van der Waals surface area contributed by atoms with Crippen LogP contribution >= 0.6 is 23.2 Å². The lowest BCUT2D eigenvalue weighted by atomic mass is 10.1. The minimum absolute atomic E-state index is 0.0287. The number of nitrogens with zero attached hydrogens (tertiary/aromatic N) is 1. The quantitative estimate of drug-likeness (QED) is 0.520. The van der Waals surface area contributed by atoms with Gasteiger partial charge in [0, 0.05) is 22.6 Å². The average Bonchev–Trinajstić information content (AvgIpc) is 2.75. The summed E-state index contributed by atoms with van der Waals surface area (Å²) in [7, 11) is 1.60. The molecule has 0 aromatic heterocycles. The molecule has 0 aliphatic rings. The van der Waals surface area contributed by atoms with Crippen LogP contribution in [-0.2, 0) is 22.6 Å². The highest BCUT2D eigenvalue weighted by atomic mass is 35.5. The van der Waals surface area contributed by atoms with E-state index in [0.717, 1.165) is 12.0 Å². The van der Waals surface area contributed by atoms with Crippen LogP contribution in [0.3, 0.4) is 0 Å². The van der Waals surface area contributed by atoms with E-state index in [1.807, 2.05) is 45.0 Å². The molecule has 0 fully saturated rings. The predicted octanol–water partition coefficient (Wildman–Crippen LogP) is 5.27. The molecular weight excluding hydrogens is 435 g/mol. The number of halogens is 2. The Morgan fingerprint density at radius 3 is 2.45 bits per heavy atom. The molecule has 2 atom stereocenters. The summed E-state index contributed by atoms with van der Waals surface area (Å²) in [5.74, 6) is 0.358. The summed E-state index contributed by atoms with van der Waals surface area (Å²) < 4.78 is 5.31. The molecule has 2 rings (SSSR count). The Kier molecular flexibility index (Phi) is 9.66. The van der Waals surface area contributed by atoms with Gasteiger partial charge in [0.15, 0.2) is 0 Å². The fourth-order valence-corrected chi connectivity index (χ4v) is 3.73. The maximum Gasteiger partial charge on any atom is 0.243 e. The van der Waals surface area contributed by atoms with Gasteiger partial charge in [-0.25, -0.2) is 0 Å². The Balaban J connectivity index is 2.34. The van der Waals surface area contributed by atoms with Crippen molar-refractivity contribution in [3.05, 3.63) is 63.6 Å². The second kappa shape index (κ2) is 12.0. The van der Waals surface area contributed by atoms with E-state index >= 15 is 0 Å². The lowest BCUT2D eigenvalue weighted by Gasteiger charge is -2.31. The van der Waals surface area contributed by atoms with E-state index in [2.05, 4.69) is 5.32 Å². The average molecular weight is 465 g/mol. The molecule has 0 bridgehead atoms. The van der Waals surface area contributed by atoms with Crippen LogP contribution in [0.4, 0.5) is 0 Å². The topological polar surface area (TPSA) is 58.6 Å². The number of methoxy groups -OCH3 is 1. The van der Waals surface area contributed by atoms with Crippen LogP contribution in [-0.4, -0.2) is 35.9 Å². The lowest BCUT2D eigenvalue weighted by Crippen LogP contribution is -2.51. The summed E-state index contributed by atoms with van der Waals surface area (Å²) in [4.78, 5) is 28.0. The zero-order valence-corrected chi connectivity index (χ0v) is 20.0. The van der Waals surface area contributed by atoms with Gasteiger partial charge in [0.25, 0.3) is 0 Å². The van der Waals surface area contributed by atoms with Crippen molar-refractivity contribution in [1.82, 2.24) is 10.2 Å². The summed E-state index contributed by atoms with van der Waals surface area (Å²) in [6.07, 6.45) is 1.38. The Morgan fingerprint density at radius 2 is 1.84 bits per heavy atom. The molecule has 2 amide bonds. The monoisotopic (exact) mass is 464 g/mol. The number of carbonyl (C=O) groups excluding carboxylic acids is 2. The smallest absolute Gasteiger partial charge is 0.243 e. The molecule has 0 unspecified atom stereocenters. The zero-order valence-electron chi connectivity index (χ0n) is 18.5. The molecule has 2 aromatic rings. The minimum atomic E-state index is -0.598. The third-order valence-electron chi connectivity index (χ3n) is 5.23. The largest absolute Gasteiger partial charge is 0.497 e. The molecule has 0 heterocycles. The van der Waals surface area contributed by atoms with E-state index in [4.69, 9.17) is 27.9 Å². The summed E-state index contributed by atoms with van der Waals surface area (Å²) in [5.41, 5.74) is 1.55. The number of carbonyl (C=O) groups is 2. The van der Waals surface area contributed by atoms with E-state index in [1.165, 1.54) is 0 Å². The van der Waals surface area contributed by atoms with E-state index in [-0.39, 0.29) is 30.8 Å². The Labute approximate surface area is 194 Å². The van der Waals surface area contributed by atoms with Crippen molar-refractivity contribution in [2.24, 2.45) is 0 Å².